The van der Waals surface area contributed by atoms with Gasteiger partial charge in [-0.1, -0.05) is 71.3 Å². The molecule has 1 N–H and O–H groups in total. The van der Waals surface area contributed by atoms with Gasteiger partial charge in [0, 0.05) is 35.3 Å². The molecule has 2 aromatic carbocycles. The summed E-state index contributed by atoms with van der Waals surface area (Å²) < 4.78 is 12.2. The number of carbonyl (C=O) groups excluding carboxylic acids is 1. The number of para-hydroxylation sites is 1. The fourth-order valence-corrected chi connectivity index (χ4v) is 4.68. The molecule has 0 saturated carbocycles. The second-order valence-electron chi connectivity index (χ2n) is 11.3. The van der Waals surface area contributed by atoms with E-state index in [0.717, 1.165) is 47.0 Å². The monoisotopic (exact) mass is 494 g/mol. The maximum Gasteiger partial charge on any atom is 0.258 e. The van der Waals surface area contributed by atoms with Crippen LogP contribution < -0.4 is 10.1 Å². The molecule has 1 unspecified atom stereocenters. The van der Waals surface area contributed by atoms with E-state index in [1.165, 1.54) is 6.20 Å². The van der Waals surface area contributed by atoms with E-state index in [4.69, 9.17) is 21.1 Å². The molecule has 5 nitrogen and oxygen atoms in total. The van der Waals surface area contributed by atoms with Crippen molar-refractivity contribution in [3.05, 3.63) is 64.3 Å². The number of fused-ring (bicyclic) bond motifs is 1. The van der Waals surface area contributed by atoms with Crippen molar-refractivity contribution in [3.63, 3.8) is 0 Å². The van der Waals surface area contributed by atoms with Gasteiger partial charge in [-0.3, -0.25) is 9.78 Å². The molecule has 1 saturated heterocycles. The zero-order valence-electron chi connectivity index (χ0n) is 21.5. The first-order valence-electron chi connectivity index (χ1n) is 12.3. The zero-order valence-corrected chi connectivity index (χ0v) is 22.3. The van der Waals surface area contributed by atoms with Gasteiger partial charge in [0.25, 0.3) is 5.91 Å². The van der Waals surface area contributed by atoms with Crippen LogP contribution in [-0.2, 0) is 15.6 Å². The van der Waals surface area contributed by atoms with Crippen LogP contribution in [0.5, 0.6) is 5.75 Å². The molecule has 0 radical (unpaired) electrons. The summed E-state index contributed by atoms with van der Waals surface area (Å²) in [4.78, 5) is 17.9. The van der Waals surface area contributed by atoms with E-state index in [0.29, 0.717) is 22.9 Å². The van der Waals surface area contributed by atoms with Crippen LogP contribution in [0.1, 0.15) is 82.3 Å². The van der Waals surface area contributed by atoms with Crippen LogP contribution in [0.25, 0.3) is 10.9 Å². The molecule has 35 heavy (non-hydrogen) atoms. The fraction of sp³-hybridized carbons (Fsp3) is 0.448. The first-order chi connectivity index (χ1) is 16.4. The molecule has 1 aromatic heterocycles. The van der Waals surface area contributed by atoms with E-state index in [9.17, 15) is 4.79 Å². The van der Waals surface area contributed by atoms with Gasteiger partial charge >= 0.3 is 0 Å². The zero-order chi connectivity index (χ0) is 25.4. The third-order valence-corrected chi connectivity index (χ3v) is 6.74. The van der Waals surface area contributed by atoms with Crippen molar-refractivity contribution in [1.82, 2.24) is 4.98 Å². The van der Waals surface area contributed by atoms with E-state index in [1.807, 2.05) is 30.3 Å². The minimum atomic E-state index is -0.304. The lowest BCUT2D eigenvalue weighted by molar-refractivity contribution is -0.106. The van der Waals surface area contributed by atoms with Gasteiger partial charge in [-0.15, -0.1) is 0 Å². The Hall–Kier alpha value is -2.63. The lowest BCUT2D eigenvalue weighted by atomic mass is 9.79. The number of benzene rings is 2. The van der Waals surface area contributed by atoms with Gasteiger partial charge in [-0.25, -0.2) is 0 Å². The van der Waals surface area contributed by atoms with Gasteiger partial charge in [0.15, 0.2) is 6.29 Å². The van der Waals surface area contributed by atoms with E-state index in [1.54, 1.807) is 0 Å². The molecule has 1 atom stereocenters. The molecule has 186 valence electrons. The van der Waals surface area contributed by atoms with E-state index < -0.39 is 0 Å². The minimum Gasteiger partial charge on any atom is -0.465 e. The Bertz CT molecular complexity index is 1240. The lowest BCUT2D eigenvalue weighted by Crippen LogP contribution is -2.27. The van der Waals surface area contributed by atoms with Crippen LogP contribution in [-0.4, -0.2) is 23.8 Å². The molecular formula is C29H35ClN2O3. The molecule has 3 aromatic rings. The Morgan fingerprint density at radius 3 is 2.43 bits per heavy atom. The van der Waals surface area contributed by atoms with Crippen LogP contribution in [0.3, 0.4) is 0 Å². The number of anilines is 1. The van der Waals surface area contributed by atoms with Crippen LogP contribution >= 0.6 is 11.6 Å². The number of pyridine rings is 1. The maximum absolute atomic E-state index is 13.4. The maximum atomic E-state index is 13.4. The van der Waals surface area contributed by atoms with Crippen LogP contribution in [0.2, 0.25) is 5.02 Å². The predicted octanol–water partition coefficient (Wildman–Crippen LogP) is 7.64. The number of amides is 1. The summed E-state index contributed by atoms with van der Waals surface area (Å²) in [5, 5.41) is 4.25. The number of carbonyl (C=O) groups is 1. The summed E-state index contributed by atoms with van der Waals surface area (Å²) in [5.74, 6) is 0.428. The van der Waals surface area contributed by atoms with Crippen molar-refractivity contribution in [2.24, 2.45) is 0 Å². The second kappa shape index (κ2) is 9.79. The molecule has 4 rings (SSSR count). The topological polar surface area (TPSA) is 60.5 Å². The first kappa shape index (κ1) is 25.5. The molecule has 1 fully saturated rings. The number of hydrogen-bond donors (Lipinski definition) is 1. The van der Waals surface area contributed by atoms with Gasteiger partial charge in [-0.05, 0) is 41.4 Å². The summed E-state index contributed by atoms with van der Waals surface area (Å²) in [6.07, 6.45) is 4.23. The molecule has 1 amide bonds. The first-order valence-corrected chi connectivity index (χ1v) is 12.6. The Balaban J connectivity index is 1.77. The third kappa shape index (κ3) is 5.62. The van der Waals surface area contributed by atoms with Crippen molar-refractivity contribution in [2.45, 2.75) is 77.9 Å². The Morgan fingerprint density at radius 2 is 1.77 bits per heavy atom. The normalized spacial score (nSPS) is 16.8. The standard InChI is InChI=1S/C29H35ClN2O3/c1-28(2,3)20-15-21(29(4,5)6)24(35-25-13-9-10-14-34-25)16-23(20)32-27(33)19-17-31-22-12-8-7-11-18(22)26(19)30/h7-8,11-12,15-17,25H,9-10,13-14H2,1-6H3,(H,32,33). The van der Waals surface area contributed by atoms with Gasteiger partial charge < -0.3 is 14.8 Å². The second-order valence-corrected chi connectivity index (χ2v) is 11.6. The molecule has 6 heteroatoms. The van der Waals surface area contributed by atoms with Gasteiger partial charge in [-0.2, -0.15) is 0 Å². The minimum absolute atomic E-state index is 0.155. The SMILES string of the molecule is CC(C)(C)c1cc(C(C)(C)C)c(OC2CCCCO2)cc1NC(=O)c1cnc2ccccc2c1Cl. The summed E-state index contributed by atoms with van der Waals surface area (Å²) >= 11 is 6.64. The Kier molecular flexibility index (Phi) is 7.12. The number of ether oxygens (including phenoxy) is 2. The number of aromatic nitrogens is 1. The average Bonchev–Trinajstić information content (AvgIpc) is 2.78. The molecule has 0 aliphatic carbocycles. The van der Waals surface area contributed by atoms with E-state index in [-0.39, 0.29) is 23.0 Å². The molecule has 0 bridgehead atoms. The number of halogens is 1. The van der Waals surface area contributed by atoms with Gasteiger partial charge in [0.05, 0.1) is 22.7 Å². The van der Waals surface area contributed by atoms with Crippen molar-refractivity contribution in [3.8, 4) is 5.75 Å². The summed E-state index contributed by atoms with van der Waals surface area (Å²) in [7, 11) is 0. The van der Waals surface area contributed by atoms with Gasteiger partial charge in [0.2, 0.25) is 0 Å². The molecular weight excluding hydrogens is 460 g/mol. The quantitative estimate of drug-likeness (QED) is 0.404. The number of nitrogens with one attached hydrogen (secondary N) is 1. The largest absolute Gasteiger partial charge is 0.465 e. The van der Waals surface area contributed by atoms with Crippen molar-refractivity contribution >= 4 is 34.1 Å². The summed E-state index contributed by atoms with van der Waals surface area (Å²) in [5.41, 5.74) is 3.53. The van der Waals surface area contributed by atoms with Crippen molar-refractivity contribution in [1.29, 1.82) is 0 Å². The Morgan fingerprint density at radius 1 is 1.06 bits per heavy atom. The van der Waals surface area contributed by atoms with Crippen molar-refractivity contribution < 1.29 is 14.3 Å². The molecule has 2 heterocycles. The highest BCUT2D eigenvalue weighted by Gasteiger charge is 2.29. The van der Waals surface area contributed by atoms with Gasteiger partial charge in [0.1, 0.15) is 5.75 Å². The summed E-state index contributed by atoms with van der Waals surface area (Å²) in [6.45, 7) is 13.6. The number of hydrogen-bond acceptors (Lipinski definition) is 4. The summed E-state index contributed by atoms with van der Waals surface area (Å²) in [6, 6.07) is 11.6. The fourth-order valence-electron chi connectivity index (χ4n) is 4.39. The van der Waals surface area contributed by atoms with Crippen LogP contribution in [0, 0.1) is 0 Å². The highest BCUT2D eigenvalue weighted by Crippen LogP contribution is 2.41. The predicted molar refractivity (Wildman–Crippen MR) is 143 cm³/mol. The van der Waals surface area contributed by atoms with Crippen molar-refractivity contribution in [2.75, 3.05) is 11.9 Å². The third-order valence-electron chi connectivity index (χ3n) is 6.33. The molecule has 1 aliphatic rings. The van der Waals surface area contributed by atoms with E-state index >= 15 is 0 Å². The number of rotatable bonds is 4. The highest BCUT2D eigenvalue weighted by atomic mass is 35.5. The Labute approximate surface area is 213 Å². The molecule has 0 spiro atoms. The highest BCUT2D eigenvalue weighted by molar-refractivity contribution is 6.38. The van der Waals surface area contributed by atoms with E-state index in [2.05, 4.69) is 57.9 Å². The average molecular weight is 495 g/mol. The molecule has 1 aliphatic heterocycles. The number of nitrogens with zero attached hydrogens (tertiary/aromatic N) is 1. The van der Waals surface area contributed by atoms with Crippen LogP contribution in [0.4, 0.5) is 5.69 Å². The van der Waals surface area contributed by atoms with Crippen LogP contribution in [0.15, 0.2) is 42.6 Å². The lowest BCUT2D eigenvalue weighted by Gasteiger charge is -2.32. The smallest absolute Gasteiger partial charge is 0.258 e.